The standard InChI is InChI=1S/C26H25F3N4O3/c27-26(28,29)36-19-7-4-17(5-8-19)18-6-9-22-21(14-18)25(34)31-16-20(35-22)15-23-30-11-10-24(32-23)33-12-2-1-3-13-33/h4-11,14,20H,1-3,12-13,15-16H2,(H,31,34). The minimum atomic E-state index is -4.75. The zero-order valence-electron chi connectivity index (χ0n) is 19.4. The van der Waals surface area contributed by atoms with Crippen LogP contribution in [-0.4, -0.2) is 48.0 Å². The molecular formula is C26H25F3N4O3. The fourth-order valence-electron chi connectivity index (χ4n) is 4.47. The van der Waals surface area contributed by atoms with Gasteiger partial charge in [0, 0.05) is 25.7 Å². The predicted octanol–water partition coefficient (Wildman–Crippen LogP) is 4.77. The quantitative estimate of drug-likeness (QED) is 0.547. The molecule has 1 unspecified atom stereocenters. The number of carbonyl (C=O) groups excluding carboxylic acids is 1. The molecule has 188 valence electrons. The van der Waals surface area contributed by atoms with Gasteiger partial charge < -0.3 is 19.7 Å². The second kappa shape index (κ2) is 10.0. The van der Waals surface area contributed by atoms with E-state index in [1.807, 2.05) is 6.07 Å². The molecule has 5 rings (SSSR count). The highest BCUT2D eigenvalue weighted by Gasteiger charge is 2.31. The summed E-state index contributed by atoms with van der Waals surface area (Å²) >= 11 is 0. The highest BCUT2D eigenvalue weighted by molar-refractivity contribution is 5.98. The van der Waals surface area contributed by atoms with Crippen LogP contribution in [0.3, 0.4) is 0 Å². The molecule has 1 atom stereocenters. The van der Waals surface area contributed by atoms with Gasteiger partial charge in [-0.1, -0.05) is 18.2 Å². The number of carbonyl (C=O) groups is 1. The number of amides is 1. The van der Waals surface area contributed by atoms with Crippen LogP contribution in [0.1, 0.15) is 35.4 Å². The molecule has 0 radical (unpaired) electrons. The van der Waals surface area contributed by atoms with Gasteiger partial charge in [0.15, 0.2) is 0 Å². The second-order valence-corrected chi connectivity index (χ2v) is 8.82. The Labute approximate surface area is 206 Å². The van der Waals surface area contributed by atoms with E-state index in [9.17, 15) is 18.0 Å². The Kier molecular flexibility index (Phi) is 6.67. The molecule has 1 amide bonds. The number of hydrogen-bond donors (Lipinski definition) is 1. The van der Waals surface area contributed by atoms with Crippen molar-refractivity contribution in [2.45, 2.75) is 38.1 Å². The molecule has 2 aromatic carbocycles. The molecule has 1 saturated heterocycles. The van der Waals surface area contributed by atoms with Crippen molar-refractivity contribution in [2.24, 2.45) is 0 Å². The Balaban J connectivity index is 1.31. The minimum absolute atomic E-state index is 0.283. The van der Waals surface area contributed by atoms with E-state index in [1.165, 1.54) is 30.7 Å². The Bertz CT molecular complexity index is 1230. The maximum Gasteiger partial charge on any atom is 0.573 e. The SMILES string of the molecule is O=C1NCC(Cc2nccc(N3CCCCC3)n2)Oc2ccc(-c3ccc(OC(F)(F)F)cc3)cc21. The summed E-state index contributed by atoms with van der Waals surface area (Å²) in [6, 6.07) is 12.5. The van der Waals surface area contributed by atoms with Crippen LogP contribution >= 0.6 is 0 Å². The molecule has 0 saturated carbocycles. The first kappa shape index (κ1) is 23.9. The Morgan fingerprint density at radius 1 is 1.03 bits per heavy atom. The second-order valence-electron chi connectivity index (χ2n) is 8.82. The Hall–Kier alpha value is -3.82. The molecule has 10 heteroatoms. The zero-order valence-corrected chi connectivity index (χ0v) is 19.4. The first-order valence-electron chi connectivity index (χ1n) is 11.9. The van der Waals surface area contributed by atoms with Crippen LogP contribution in [0.15, 0.2) is 54.7 Å². The number of piperidine rings is 1. The molecule has 7 nitrogen and oxygen atoms in total. The summed E-state index contributed by atoms with van der Waals surface area (Å²) in [4.78, 5) is 24.2. The number of benzene rings is 2. The number of alkyl halides is 3. The fourth-order valence-corrected chi connectivity index (χ4v) is 4.47. The van der Waals surface area contributed by atoms with E-state index < -0.39 is 6.36 Å². The van der Waals surface area contributed by atoms with Gasteiger partial charge in [-0.05, 0) is 60.7 Å². The van der Waals surface area contributed by atoms with Gasteiger partial charge in [0.05, 0.1) is 12.1 Å². The molecule has 2 aliphatic rings. The number of halogens is 3. The summed E-state index contributed by atoms with van der Waals surface area (Å²) in [5.41, 5.74) is 1.67. The normalized spacial score (nSPS) is 18.0. The maximum atomic E-state index is 12.8. The van der Waals surface area contributed by atoms with Gasteiger partial charge in [-0.3, -0.25) is 4.79 Å². The van der Waals surface area contributed by atoms with Crippen molar-refractivity contribution in [1.29, 1.82) is 0 Å². The number of fused-ring (bicyclic) bond motifs is 1. The van der Waals surface area contributed by atoms with E-state index >= 15 is 0 Å². The number of ether oxygens (including phenoxy) is 2. The van der Waals surface area contributed by atoms with Gasteiger partial charge in [0.25, 0.3) is 5.91 Å². The first-order valence-corrected chi connectivity index (χ1v) is 11.9. The predicted molar refractivity (Wildman–Crippen MR) is 127 cm³/mol. The topological polar surface area (TPSA) is 76.6 Å². The molecule has 36 heavy (non-hydrogen) atoms. The highest BCUT2D eigenvalue weighted by atomic mass is 19.4. The molecule has 0 bridgehead atoms. The van der Waals surface area contributed by atoms with Gasteiger partial charge >= 0.3 is 6.36 Å². The number of hydrogen-bond acceptors (Lipinski definition) is 6. The number of rotatable bonds is 5. The van der Waals surface area contributed by atoms with E-state index in [0.29, 0.717) is 41.2 Å². The number of nitrogens with one attached hydrogen (secondary N) is 1. The Morgan fingerprint density at radius 2 is 1.78 bits per heavy atom. The van der Waals surface area contributed by atoms with Crippen molar-refractivity contribution < 1.29 is 27.4 Å². The lowest BCUT2D eigenvalue weighted by Crippen LogP contribution is -2.34. The first-order chi connectivity index (χ1) is 17.3. The molecule has 1 N–H and O–H groups in total. The smallest absolute Gasteiger partial charge is 0.487 e. The van der Waals surface area contributed by atoms with E-state index in [1.54, 1.807) is 24.4 Å². The van der Waals surface area contributed by atoms with Gasteiger partial charge in [-0.2, -0.15) is 0 Å². The largest absolute Gasteiger partial charge is 0.573 e. The summed E-state index contributed by atoms with van der Waals surface area (Å²) in [6.45, 7) is 2.27. The van der Waals surface area contributed by atoms with Crippen LogP contribution in [0.2, 0.25) is 0 Å². The van der Waals surface area contributed by atoms with Crippen molar-refractivity contribution >= 4 is 11.7 Å². The van der Waals surface area contributed by atoms with Gasteiger partial charge in [-0.25, -0.2) is 9.97 Å². The molecule has 1 fully saturated rings. The average molecular weight is 499 g/mol. The Morgan fingerprint density at radius 3 is 2.53 bits per heavy atom. The summed E-state index contributed by atoms with van der Waals surface area (Å²) in [5, 5.41) is 2.89. The molecule has 0 spiro atoms. The van der Waals surface area contributed by atoms with Crippen molar-refractivity contribution in [1.82, 2.24) is 15.3 Å². The third-order valence-electron chi connectivity index (χ3n) is 6.21. The zero-order chi connectivity index (χ0) is 25.1. The number of aromatic nitrogens is 2. The summed E-state index contributed by atoms with van der Waals surface area (Å²) in [7, 11) is 0. The molecule has 2 aliphatic heterocycles. The number of anilines is 1. The van der Waals surface area contributed by atoms with E-state index in [2.05, 4.69) is 19.9 Å². The van der Waals surface area contributed by atoms with Crippen LogP contribution in [0.5, 0.6) is 11.5 Å². The van der Waals surface area contributed by atoms with Crippen LogP contribution in [0.25, 0.3) is 11.1 Å². The van der Waals surface area contributed by atoms with Crippen LogP contribution in [0, 0.1) is 0 Å². The third-order valence-corrected chi connectivity index (χ3v) is 6.21. The average Bonchev–Trinajstić information content (AvgIpc) is 3.02. The van der Waals surface area contributed by atoms with Crippen LogP contribution < -0.4 is 19.7 Å². The molecule has 0 aliphatic carbocycles. The lowest BCUT2D eigenvalue weighted by molar-refractivity contribution is -0.274. The van der Waals surface area contributed by atoms with Crippen molar-refractivity contribution in [3.63, 3.8) is 0 Å². The highest BCUT2D eigenvalue weighted by Crippen LogP contribution is 2.31. The van der Waals surface area contributed by atoms with E-state index in [0.717, 1.165) is 31.7 Å². The van der Waals surface area contributed by atoms with Crippen LogP contribution in [-0.2, 0) is 6.42 Å². The summed E-state index contributed by atoms with van der Waals surface area (Å²) in [6.07, 6.45) is 0.635. The van der Waals surface area contributed by atoms with E-state index in [4.69, 9.17) is 9.72 Å². The lowest BCUT2D eigenvalue weighted by Gasteiger charge is -2.28. The van der Waals surface area contributed by atoms with Crippen LogP contribution in [0.4, 0.5) is 19.0 Å². The summed E-state index contributed by atoms with van der Waals surface area (Å²) in [5.74, 6) is 1.40. The molecule has 3 aromatic rings. The van der Waals surface area contributed by atoms with Crippen molar-refractivity contribution in [3.05, 3.63) is 66.1 Å². The maximum absolute atomic E-state index is 12.8. The van der Waals surface area contributed by atoms with Crippen molar-refractivity contribution in [3.8, 4) is 22.6 Å². The number of nitrogens with zero attached hydrogens (tertiary/aromatic N) is 3. The molecule has 3 heterocycles. The van der Waals surface area contributed by atoms with Gasteiger partial charge in [0.2, 0.25) is 0 Å². The third kappa shape index (κ3) is 5.69. The molecular weight excluding hydrogens is 473 g/mol. The van der Waals surface area contributed by atoms with Gasteiger partial charge in [-0.15, -0.1) is 13.2 Å². The molecule has 1 aromatic heterocycles. The fraction of sp³-hybridized carbons (Fsp3) is 0.346. The summed E-state index contributed by atoms with van der Waals surface area (Å²) < 4.78 is 47.3. The monoisotopic (exact) mass is 498 g/mol. The van der Waals surface area contributed by atoms with Crippen molar-refractivity contribution in [2.75, 3.05) is 24.5 Å². The van der Waals surface area contributed by atoms with E-state index in [-0.39, 0.29) is 17.8 Å². The van der Waals surface area contributed by atoms with Gasteiger partial charge in [0.1, 0.15) is 29.2 Å². The minimum Gasteiger partial charge on any atom is -0.487 e. The lowest BCUT2D eigenvalue weighted by atomic mass is 10.0.